The van der Waals surface area contributed by atoms with Crippen molar-refractivity contribution < 1.29 is 4.39 Å². The highest BCUT2D eigenvalue weighted by atomic mass is 79.9. The van der Waals surface area contributed by atoms with Crippen molar-refractivity contribution in [1.29, 1.82) is 0 Å². The van der Waals surface area contributed by atoms with E-state index in [0.29, 0.717) is 28.3 Å². The molecule has 0 amide bonds. The van der Waals surface area contributed by atoms with Gasteiger partial charge in [0.05, 0.1) is 10.9 Å². The smallest absolute Gasteiger partial charge is 0.166 e. The van der Waals surface area contributed by atoms with Crippen LogP contribution in [0.4, 0.5) is 4.39 Å². The van der Waals surface area contributed by atoms with Crippen molar-refractivity contribution in [2.75, 3.05) is 0 Å². The molecule has 0 aliphatic carbocycles. The standard InChI is InChI=1S/C11H10BrClFN3/c1-2-17-10(6-12)15-16-11(17)8-4-3-7(13)5-9(8)14/h3-5H,2,6H2,1H3. The first-order chi connectivity index (χ1) is 8.17. The summed E-state index contributed by atoms with van der Waals surface area (Å²) in [5, 5.41) is 8.99. The molecule has 0 aliphatic rings. The summed E-state index contributed by atoms with van der Waals surface area (Å²) >= 11 is 9.05. The number of aromatic nitrogens is 3. The van der Waals surface area contributed by atoms with E-state index in [1.165, 1.54) is 6.07 Å². The zero-order chi connectivity index (χ0) is 12.4. The number of hydrogen-bond acceptors (Lipinski definition) is 2. The fourth-order valence-corrected chi connectivity index (χ4v) is 2.21. The Labute approximate surface area is 112 Å². The van der Waals surface area contributed by atoms with Gasteiger partial charge in [0.2, 0.25) is 0 Å². The first-order valence-corrected chi connectivity index (χ1v) is 6.60. The van der Waals surface area contributed by atoms with E-state index in [2.05, 4.69) is 26.1 Å². The van der Waals surface area contributed by atoms with Crippen LogP contribution in [0, 0.1) is 5.82 Å². The SMILES string of the molecule is CCn1c(CBr)nnc1-c1ccc(Cl)cc1F. The Morgan fingerprint density at radius 1 is 1.41 bits per heavy atom. The van der Waals surface area contributed by atoms with Gasteiger partial charge >= 0.3 is 0 Å². The minimum absolute atomic E-state index is 0.370. The second kappa shape index (κ2) is 5.14. The lowest BCUT2D eigenvalue weighted by molar-refractivity contribution is 0.626. The molecule has 0 unspecified atom stereocenters. The van der Waals surface area contributed by atoms with Crippen molar-refractivity contribution in [1.82, 2.24) is 14.8 Å². The molecular formula is C11H10BrClFN3. The van der Waals surface area contributed by atoms with Gasteiger partial charge in [-0.1, -0.05) is 27.5 Å². The second-order valence-electron chi connectivity index (χ2n) is 3.44. The molecule has 1 aromatic carbocycles. The summed E-state index contributed by atoms with van der Waals surface area (Å²) < 4.78 is 15.7. The summed E-state index contributed by atoms with van der Waals surface area (Å²) in [6.45, 7) is 2.65. The largest absolute Gasteiger partial charge is 0.310 e. The summed E-state index contributed by atoms with van der Waals surface area (Å²) in [5.74, 6) is 0.911. The Kier molecular flexibility index (Phi) is 3.79. The van der Waals surface area contributed by atoms with Gasteiger partial charge < -0.3 is 4.57 Å². The summed E-state index contributed by atoms with van der Waals surface area (Å²) in [4.78, 5) is 0. The van der Waals surface area contributed by atoms with Crippen LogP contribution < -0.4 is 0 Å². The van der Waals surface area contributed by atoms with E-state index in [9.17, 15) is 4.39 Å². The first-order valence-electron chi connectivity index (χ1n) is 5.10. The maximum atomic E-state index is 13.8. The third-order valence-corrected chi connectivity index (χ3v) is 3.17. The maximum absolute atomic E-state index is 13.8. The predicted molar refractivity (Wildman–Crippen MR) is 68.7 cm³/mol. The molecule has 17 heavy (non-hydrogen) atoms. The third kappa shape index (κ3) is 2.35. The van der Waals surface area contributed by atoms with Gasteiger partial charge in [0.15, 0.2) is 5.82 Å². The Morgan fingerprint density at radius 3 is 2.76 bits per heavy atom. The van der Waals surface area contributed by atoms with E-state index in [4.69, 9.17) is 11.6 Å². The van der Waals surface area contributed by atoms with Crippen LogP contribution in [0.25, 0.3) is 11.4 Å². The second-order valence-corrected chi connectivity index (χ2v) is 4.44. The van der Waals surface area contributed by atoms with Gasteiger partial charge in [-0.15, -0.1) is 10.2 Å². The minimum Gasteiger partial charge on any atom is -0.310 e. The number of halogens is 3. The van der Waals surface area contributed by atoms with Crippen molar-refractivity contribution in [2.45, 2.75) is 18.8 Å². The van der Waals surface area contributed by atoms with E-state index < -0.39 is 0 Å². The molecule has 1 heterocycles. The molecule has 0 radical (unpaired) electrons. The van der Waals surface area contributed by atoms with Gasteiger partial charge in [-0.2, -0.15) is 0 Å². The fourth-order valence-electron chi connectivity index (χ4n) is 1.64. The molecule has 3 nitrogen and oxygen atoms in total. The van der Waals surface area contributed by atoms with Gasteiger partial charge in [-0.05, 0) is 25.1 Å². The average Bonchev–Trinajstić information content (AvgIpc) is 2.71. The van der Waals surface area contributed by atoms with Crippen molar-refractivity contribution in [3.05, 3.63) is 34.9 Å². The third-order valence-electron chi connectivity index (χ3n) is 2.44. The summed E-state index contributed by atoms with van der Waals surface area (Å²) in [5.41, 5.74) is 0.413. The Hall–Kier alpha value is -0.940. The van der Waals surface area contributed by atoms with Crippen LogP contribution in [0.2, 0.25) is 5.02 Å². The Bertz CT molecular complexity index is 542. The van der Waals surface area contributed by atoms with E-state index in [0.717, 1.165) is 5.82 Å². The van der Waals surface area contributed by atoms with Crippen molar-refractivity contribution in [3.8, 4) is 11.4 Å². The number of rotatable bonds is 3. The van der Waals surface area contributed by atoms with Crippen LogP contribution in [0.5, 0.6) is 0 Å². The van der Waals surface area contributed by atoms with Gasteiger partial charge in [0.25, 0.3) is 0 Å². The van der Waals surface area contributed by atoms with Crippen molar-refractivity contribution in [2.24, 2.45) is 0 Å². The Morgan fingerprint density at radius 2 is 2.18 bits per heavy atom. The van der Waals surface area contributed by atoms with Gasteiger partial charge in [0.1, 0.15) is 11.6 Å². The van der Waals surface area contributed by atoms with E-state index >= 15 is 0 Å². The molecular weight excluding hydrogens is 308 g/mol. The molecule has 90 valence electrons. The monoisotopic (exact) mass is 317 g/mol. The zero-order valence-corrected chi connectivity index (χ0v) is 11.5. The van der Waals surface area contributed by atoms with Crippen LogP contribution in [0.15, 0.2) is 18.2 Å². The lowest BCUT2D eigenvalue weighted by Crippen LogP contribution is -2.02. The molecule has 1 aromatic heterocycles. The predicted octanol–water partition coefficient (Wildman–Crippen LogP) is 3.65. The van der Waals surface area contributed by atoms with Crippen LogP contribution in [-0.4, -0.2) is 14.8 Å². The first kappa shape index (κ1) is 12.5. The summed E-state index contributed by atoms with van der Waals surface area (Å²) in [6, 6.07) is 4.54. The highest BCUT2D eigenvalue weighted by Crippen LogP contribution is 2.25. The highest BCUT2D eigenvalue weighted by molar-refractivity contribution is 9.08. The normalized spacial score (nSPS) is 10.8. The molecule has 0 atom stereocenters. The van der Waals surface area contributed by atoms with Gasteiger partial charge in [-0.25, -0.2) is 4.39 Å². The molecule has 0 bridgehead atoms. The van der Waals surface area contributed by atoms with E-state index in [-0.39, 0.29) is 5.82 Å². The van der Waals surface area contributed by atoms with E-state index in [1.807, 2.05) is 11.5 Å². The minimum atomic E-state index is -0.388. The maximum Gasteiger partial charge on any atom is 0.166 e. The number of nitrogens with zero attached hydrogens (tertiary/aromatic N) is 3. The Balaban J connectivity index is 2.56. The molecule has 0 spiro atoms. The molecule has 6 heteroatoms. The number of benzene rings is 1. The molecule has 2 aromatic rings. The van der Waals surface area contributed by atoms with Crippen LogP contribution in [0.1, 0.15) is 12.7 Å². The lowest BCUT2D eigenvalue weighted by atomic mass is 10.2. The zero-order valence-electron chi connectivity index (χ0n) is 9.12. The van der Waals surface area contributed by atoms with Crippen LogP contribution in [-0.2, 0) is 11.9 Å². The molecule has 0 saturated heterocycles. The van der Waals surface area contributed by atoms with Gasteiger partial charge in [0, 0.05) is 11.6 Å². The van der Waals surface area contributed by atoms with Crippen LogP contribution in [0.3, 0.4) is 0 Å². The van der Waals surface area contributed by atoms with Crippen LogP contribution >= 0.6 is 27.5 Å². The highest BCUT2D eigenvalue weighted by Gasteiger charge is 2.15. The van der Waals surface area contributed by atoms with E-state index in [1.54, 1.807) is 12.1 Å². The fraction of sp³-hybridized carbons (Fsp3) is 0.273. The topological polar surface area (TPSA) is 30.7 Å². The molecule has 2 rings (SSSR count). The van der Waals surface area contributed by atoms with Gasteiger partial charge in [-0.3, -0.25) is 0 Å². The average molecular weight is 319 g/mol. The van der Waals surface area contributed by atoms with Crippen molar-refractivity contribution in [3.63, 3.8) is 0 Å². The molecule has 0 saturated carbocycles. The number of hydrogen-bond donors (Lipinski definition) is 0. The molecule has 0 fully saturated rings. The lowest BCUT2D eigenvalue weighted by Gasteiger charge is -2.07. The van der Waals surface area contributed by atoms with Crippen molar-refractivity contribution >= 4 is 27.5 Å². The molecule has 0 aliphatic heterocycles. The summed E-state index contributed by atoms with van der Waals surface area (Å²) in [6.07, 6.45) is 0. The summed E-state index contributed by atoms with van der Waals surface area (Å²) in [7, 11) is 0. The quantitative estimate of drug-likeness (QED) is 0.809. The number of alkyl halides is 1. The molecule has 0 N–H and O–H groups in total.